The SMILES string of the molecule is C[Si](C)(C)CCOCN(COCC[Si](C)(C)C)c1cc(C2CCC(O)(CCO)CC2)nc2c(-c3ccc(-c4ccccc4)nc3)cnn12.Nc1c(Br)c(C2CCC(O)(CCO)CC2)nc2c(-c3ccc(-c4ccccc4)nc3)cnn12. The summed E-state index contributed by atoms with van der Waals surface area (Å²) in [6.45, 7) is 16.4. The Morgan fingerprint density at radius 1 is 0.605 bits per heavy atom. The van der Waals surface area contributed by atoms with Crippen LogP contribution in [0.3, 0.4) is 0 Å². The van der Waals surface area contributed by atoms with Crippen molar-refractivity contribution in [3.8, 4) is 44.8 Å². The van der Waals surface area contributed by atoms with Crippen LogP contribution >= 0.6 is 15.9 Å². The summed E-state index contributed by atoms with van der Waals surface area (Å²) in [6.07, 6.45) is 13.9. The van der Waals surface area contributed by atoms with E-state index in [2.05, 4.69) is 94.5 Å². The molecule has 0 saturated heterocycles. The van der Waals surface area contributed by atoms with E-state index in [-0.39, 0.29) is 25.0 Å². The third kappa shape index (κ3) is 15.1. The summed E-state index contributed by atoms with van der Waals surface area (Å²) in [5, 5.41) is 49.8. The van der Waals surface area contributed by atoms with E-state index in [1.54, 1.807) is 10.7 Å². The Morgan fingerprint density at radius 3 is 1.51 bits per heavy atom. The molecule has 2 fully saturated rings. The van der Waals surface area contributed by atoms with Crippen molar-refractivity contribution in [3.05, 3.63) is 132 Å². The molecule has 81 heavy (non-hydrogen) atoms. The number of hydrogen-bond donors (Lipinski definition) is 5. The van der Waals surface area contributed by atoms with E-state index in [4.69, 9.17) is 35.3 Å². The molecule has 0 atom stereocenters. The third-order valence-corrected chi connectivity index (χ3v) is 20.2. The molecule has 8 aromatic rings. The van der Waals surface area contributed by atoms with Crippen molar-refractivity contribution in [1.82, 2.24) is 39.2 Å². The molecule has 430 valence electrons. The molecule has 0 bridgehead atoms. The van der Waals surface area contributed by atoms with Gasteiger partial charge in [-0.3, -0.25) is 9.97 Å². The minimum absolute atomic E-state index is 0.00169. The van der Waals surface area contributed by atoms with E-state index in [9.17, 15) is 20.4 Å². The third-order valence-electron chi connectivity index (χ3n) is 16.0. The fourth-order valence-electron chi connectivity index (χ4n) is 10.8. The number of aliphatic hydroxyl groups excluding tert-OH is 2. The number of hydrogen-bond acceptors (Lipinski definition) is 14. The summed E-state index contributed by atoms with van der Waals surface area (Å²) in [4.78, 5) is 21.8. The summed E-state index contributed by atoms with van der Waals surface area (Å²) in [6, 6.07) is 32.7. The quantitative estimate of drug-likeness (QED) is 0.0257. The van der Waals surface area contributed by atoms with Gasteiger partial charge in [0.05, 0.1) is 45.2 Å². The normalized spacial score (nSPS) is 19.6. The number of halogens is 1. The van der Waals surface area contributed by atoms with Gasteiger partial charge in [-0.1, -0.05) is 112 Å². The molecule has 0 spiro atoms. The van der Waals surface area contributed by atoms with Crippen LogP contribution in [0.25, 0.3) is 56.1 Å². The Labute approximate surface area is 487 Å². The van der Waals surface area contributed by atoms with Gasteiger partial charge in [-0.15, -0.1) is 0 Å². The summed E-state index contributed by atoms with van der Waals surface area (Å²) in [5.41, 5.74) is 15.8. The van der Waals surface area contributed by atoms with E-state index < -0.39 is 27.3 Å². The number of fused-ring (bicyclic) bond motifs is 2. The molecule has 10 rings (SSSR count). The molecular formula is C62H81BrN10O6Si2. The fourth-order valence-corrected chi connectivity index (χ4v) is 12.9. The van der Waals surface area contributed by atoms with Crippen molar-refractivity contribution >= 4 is 55.0 Å². The Morgan fingerprint density at radius 2 is 1.06 bits per heavy atom. The highest BCUT2D eigenvalue weighted by Gasteiger charge is 2.36. The molecule has 19 heteroatoms. The molecule has 0 amide bonds. The molecule has 2 saturated carbocycles. The van der Waals surface area contributed by atoms with E-state index in [1.807, 2.05) is 89.8 Å². The minimum atomic E-state index is -1.25. The van der Waals surface area contributed by atoms with Gasteiger partial charge >= 0.3 is 0 Å². The lowest BCUT2D eigenvalue weighted by Crippen LogP contribution is -2.35. The number of aliphatic hydroxyl groups is 4. The Balaban J connectivity index is 0.000000209. The maximum absolute atomic E-state index is 11.0. The first-order chi connectivity index (χ1) is 38.8. The highest BCUT2D eigenvalue weighted by atomic mass is 79.9. The Bertz CT molecular complexity index is 3280. The standard InChI is InChI=1S/C37H55N5O4Si2.C25H26BrN5O2/c1-47(2,3)22-20-45-27-41(28-46-21-23-48(4,5)6)35-24-34(30-14-16-37(44,17-15-30)18-19-43)40-36-32(26-39-42(35)36)31-12-13-33(38-25-31)29-10-8-7-9-11-29;26-21-22(17-8-10-25(33,11-9-17)12-13-32)30-24-19(15-29-31(24)23(21)27)18-6-7-20(28-14-18)16-4-2-1-3-5-16/h7-13,24-26,30,43-44H,14-23,27-28H2,1-6H3;1-7,14-15,17,32-33H,8-13,27H2. The van der Waals surface area contributed by atoms with Crippen molar-refractivity contribution in [3.63, 3.8) is 0 Å². The zero-order valence-electron chi connectivity index (χ0n) is 47.9. The molecule has 6 aromatic heterocycles. The lowest BCUT2D eigenvalue weighted by molar-refractivity contribution is -0.0211. The van der Waals surface area contributed by atoms with Gasteiger partial charge in [0.15, 0.2) is 11.3 Å². The van der Waals surface area contributed by atoms with Crippen molar-refractivity contribution in [2.75, 3.05) is 50.5 Å². The number of rotatable bonds is 21. The molecule has 0 radical (unpaired) electrons. The van der Waals surface area contributed by atoms with Crippen LogP contribution < -0.4 is 10.6 Å². The van der Waals surface area contributed by atoms with Gasteiger partial charge in [-0.05, 0) is 104 Å². The number of nitrogen functional groups attached to an aromatic ring is 1. The van der Waals surface area contributed by atoms with E-state index in [0.29, 0.717) is 76.7 Å². The van der Waals surface area contributed by atoms with Gasteiger partial charge in [-0.25, -0.2) is 9.97 Å². The maximum atomic E-state index is 11.0. The second-order valence-electron chi connectivity index (χ2n) is 24.6. The number of aromatic nitrogens is 8. The van der Waals surface area contributed by atoms with Gasteiger partial charge in [-0.2, -0.15) is 19.2 Å². The number of nitrogens with zero attached hydrogens (tertiary/aromatic N) is 9. The van der Waals surface area contributed by atoms with Crippen molar-refractivity contribution in [2.24, 2.45) is 0 Å². The van der Waals surface area contributed by atoms with E-state index in [0.717, 1.165) is 110 Å². The first-order valence-electron chi connectivity index (χ1n) is 28.7. The van der Waals surface area contributed by atoms with Crippen LogP contribution in [-0.2, 0) is 9.47 Å². The Hall–Kier alpha value is -5.75. The van der Waals surface area contributed by atoms with Crippen molar-refractivity contribution < 1.29 is 29.9 Å². The second kappa shape index (κ2) is 26.2. The fraction of sp³-hybridized carbons (Fsp3) is 0.452. The van der Waals surface area contributed by atoms with Crippen LogP contribution in [0.2, 0.25) is 51.4 Å². The number of nitrogens with two attached hydrogens (primary N) is 1. The molecule has 0 aliphatic heterocycles. The lowest BCUT2D eigenvalue weighted by Gasteiger charge is -2.36. The highest BCUT2D eigenvalue weighted by Crippen LogP contribution is 2.44. The van der Waals surface area contributed by atoms with Crippen molar-refractivity contribution in [1.29, 1.82) is 0 Å². The van der Waals surface area contributed by atoms with Crippen LogP contribution in [0, 0.1) is 0 Å². The first-order valence-corrected chi connectivity index (χ1v) is 36.9. The summed E-state index contributed by atoms with van der Waals surface area (Å²) >= 11 is 3.63. The Kier molecular flexibility index (Phi) is 19.4. The van der Waals surface area contributed by atoms with Crippen LogP contribution in [-0.4, -0.2) is 127 Å². The number of benzene rings is 2. The lowest BCUT2D eigenvalue weighted by atomic mass is 9.76. The summed E-state index contributed by atoms with van der Waals surface area (Å²) in [5.74, 6) is 1.74. The van der Waals surface area contributed by atoms with Gasteiger partial charge in [0, 0.05) is 112 Å². The number of pyridine rings is 2. The molecule has 2 aromatic carbocycles. The first kappa shape index (κ1) is 59.9. The number of anilines is 2. The molecular weight excluding hydrogens is 1120 g/mol. The maximum Gasteiger partial charge on any atom is 0.165 e. The second-order valence-corrected chi connectivity index (χ2v) is 36.6. The van der Waals surface area contributed by atoms with Gasteiger partial charge in [0.25, 0.3) is 0 Å². The molecule has 16 nitrogen and oxygen atoms in total. The number of ether oxygens (including phenoxy) is 2. The van der Waals surface area contributed by atoms with E-state index in [1.165, 1.54) is 0 Å². The molecule has 2 aliphatic rings. The zero-order chi connectivity index (χ0) is 57.4. The smallest absolute Gasteiger partial charge is 0.165 e. The molecule has 0 unspecified atom stereocenters. The minimum Gasteiger partial charge on any atom is -0.396 e. The topological polar surface area (TPSA) is 215 Å². The largest absolute Gasteiger partial charge is 0.396 e. The predicted molar refractivity (Wildman–Crippen MR) is 332 cm³/mol. The summed E-state index contributed by atoms with van der Waals surface area (Å²) < 4.78 is 17.0. The van der Waals surface area contributed by atoms with Gasteiger partial charge in [0.2, 0.25) is 0 Å². The van der Waals surface area contributed by atoms with Crippen LogP contribution in [0.4, 0.5) is 11.6 Å². The van der Waals surface area contributed by atoms with Crippen LogP contribution in [0.15, 0.2) is 120 Å². The van der Waals surface area contributed by atoms with Gasteiger partial charge < -0.3 is 40.5 Å². The van der Waals surface area contributed by atoms with Crippen LogP contribution in [0.1, 0.15) is 87.4 Å². The average molecular weight is 1200 g/mol. The molecule has 2 aliphatic carbocycles. The predicted octanol–water partition coefficient (Wildman–Crippen LogP) is 12.2. The highest BCUT2D eigenvalue weighted by molar-refractivity contribution is 9.10. The molecule has 6 heterocycles. The molecule has 6 N–H and O–H groups in total. The van der Waals surface area contributed by atoms with Gasteiger partial charge in [0.1, 0.15) is 25.1 Å². The van der Waals surface area contributed by atoms with Crippen molar-refractivity contribution in [2.45, 2.75) is 139 Å². The average Bonchev–Trinajstić information content (AvgIpc) is 4.34. The monoisotopic (exact) mass is 1200 g/mol. The van der Waals surface area contributed by atoms with E-state index >= 15 is 0 Å². The summed E-state index contributed by atoms with van der Waals surface area (Å²) in [7, 11) is -2.51. The zero-order valence-corrected chi connectivity index (χ0v) is 51.5. The van der Waals surface area contributed by atoms with Crippen LogP contribution in [0.5, 0.6) is 0 Å².